The number of aromatic nitrogens is 1. The van der Waals surface area contributed by atoms with Gasteiger partial charge < -0.3 is 9.88 Å². The second-order valence-corrected chi connectivity index (χ2v) is 8.27. The van der Waals surface area contributed by atoms with Gasteiger partial charge in [0.05, 0.1) is 0 Å². The van der Waals surface area contributed by atoms with Crippen molar-refractivity contribution in [2.45, 2.75) is 13.5 Å². The number of anilines is 1. The number of carbonyl (C=O) groups excluding carboxylic acids is 1. The van der Waals surface area contributed by atoms with Crippen LogP contribution in [0.25, 0.3) is 17.0 Å². The molecule has 0 fully saturated rings. The molecule has 1 aromatic heterocycles. The molecule has 31 heavy (non-hydrogen) atoms. The number of nitrogens with one attached hydrogen (secondary N) is 1. The van der Waals surface area contributed by atoms with Gasteiger partial charge in [0.1, 0.15) is 11.6 Å². The van der Waals surface area contributed by atoms with Crippen LogP contribution in [0.15, 0.2) is 89.0 Å². The summed E-state index contributed by atoms with van der Waals surface area (Å²) in [6, 6.07) is 25.8. The van der Waals surface area contributed by atoms with Gasteiger partial charge in [0.15, 0.2) is 0 Å². The Morgan fingerprint density at radius 2 is 1.87 bits per heavy atom. The maximum absolute atomic E-state index is 12.7. The molecular formula is C26H20BrN3O. The summed E-state index contributed by atoms with van der Waals surface area (Å²) < 4.78 is 3.00. The summed E-state index contributed by atoms with van der Waals surface area (Å²) in [6.45, 7) is 2.78. The molecule has 4 nitrogen and oxygen atoms in total. The van der Waals surface area contributed by atoms with Gasteiger partial charge in [-0.05, 0) is 42.8 Å². The third-order valence-electron chi connectivity index (χ3n) is 5.04. The first-order chi connectivity index (χ1) is 15.0. The van der Waals surface area contributed by atoms with Crippen LogP contribution in [0.2, 0.25) is 0 Å². The predicted molar refractivity (Wildman–Crippen MR) is 129 cm³/mol. The van der Waals surface area contributed by atoms with Crippen molar-refractivity contribution in [1.29, 1.82) is 5.26 Å². The van der Waals surface area contributed by atoms with Gasteiger partial charge in [-0.3, -0.25) is 4.79 Å². The number of halogens is 1. The quantitative estimate of drug-likeness (QED) is 0.275. The molecule has 0 saturated carbocycles. The van der Waals surface area contributed by atoms with E-state index in [-0.39, 0.29) is 5.57 Å². The van der Waals surface area contributed by atoms with Crippen molar-refractivity contribution in [3.8, 4) is 6.07 Å². The van der Waals surface area contributed by atoms with Gasteiger partial charge >= 0.3 is 0 Å². The lowest BCUT2D eigenvalue weighted by Gasteiger charge is -2.06. The average molecular weight is 470 g/mol. The number of hydrogen-bond donors (Lipinski definition) is 1. The van der Waals surface area contributed by atoms with Gasteiger partial charge in [-0.1, -0.05) is 70.0 Å². The Kier molecular flexibility index (Phi) is 6.01. The molecule has 0 saturated heterocycles. The van der Waals surface area contributed by atoms with Crippen LogP contribution < -0.4 is 5.32 Å². The second-order valence-electron chi connectivity index (χ2n) is 7.35. The van der Waals surface area contributed by atoms with Crippen LogP contribution in [0.5, 0.6) is 0 Å². The van der Waals surface area contributed by atoms with E-state index in [1.165, 1.54) is 11.1 Å². The van der Waals surface area contributed by atoms with Crippen molar-refractivity contribution in [3.63, 3.8) is 0 Å². The SMILES string of the molecule is Cc1ccc(Cn2cc(/C=C(/C#N)C(=O)Nc3cccc(Br)c3)c3ccccc32)cc1. The van der Waals surface area contributed by atoms with E-state index in [9.17, 15) is 10.1 Å². The Bertz CT molecular complexity index is 1330. The zero-order valence-corrected chi connectivity index (χ0v) is 18.6. The van der Waals surface area contributed by atoms with E-state index < -0.39 is 5.91 Å². The summed E-state index contributed by atoms with van der Waals surface area (Å²) in [5.41, 5.74) is 4.98. The predicted octanol–water partition coefficient (Wildman–Crippen LogP) is 6.31. The first-order valence-corrected chi connectivity index (χ1v) is 10.6. The first kappa shape index (κ1) is 20.6. The number of carbonyl (C=O) groups is 1. The van der Waals surface area contributed by atoms with E-state index in [0.717, 1.165) is 20.9 Å². The van der Waals surface area contributed by atoms with E-state index in [4.69, 9.17) is 0 Å². The average Bonchev–Trinajstić information content (AvgIpc) is 3.11. The third kappa shape index (κ3) is 4.76. The summed E-state index contributed by atoms with van der Waals surface area (Å²) in [4.78, 5) is 12.7. The molecular weight excluding hydrogens is 450 g/mol. The van der Waals surface area contributed by atoms with Gasteiger partial charge in [-0.2, -0.15) is 5.26 Å². The number of nitriles is 1. The standard InChI is InChI=1S/C26H20BrN3O/c1-18-9-11-19(12-10-18)16-30-17-21(24-7-2-3-8-25(24)30)13-20(15-28)26(31)29-23-6-4-5-22(27)14-23/h2-14,17H,16H2,1H3,(H,29,31)/b20-13-. The summed E-state index contributed by atoms with van der Waals surface area (Å²) >= 11 is 3.39. The molecule has 0 unspecified atom stereocenters. The number of nitrogens with zero attached hydrogens (tertiary/aromatic N) is 2. The molecule has 4 aromatic rings. The van der Waals surface area contributed by atoms with Gasteiger partial charge in [-0.25, -0.2) is 0 Å². The minimum atomic E-state index is -0.434. The third-order valence-corrected chi connectivity index (χ3v) is 5.53. The highest BCUT2D eigenvalue weighted by molar-refractivity contribution is 9.10. The number of benzene rings is 3. The van der Waals surface area contributed by atoms with E-state index in [0.29, 0.717) is 12.2 Å². The van der Waals surface area contributed by atoms with Crippen LogP contribution in [0.4, 0.5) is 5.69 Å². The lowest BCUT2D eigenvalue weighted by atomic mass is 10.1. The van der Waals surface area contributed by atoms with Gasteiger partial charge in [0.2, 0.25) is 0 Å². The number of rotatable bonds is 5. The minimum Gasteiger partial charge on any atom is -0.342 e. The van der Waals surface area contributed by atoms with E-state index in [1.807, 2.05) is 42.6 Å². The van der Waals surface area contributed by atoms with Crippen LogP contribution >= 0.6 is 15.9 Å². The molecule has 0 aliphatic heterocycles. The molecule has 3 aromatic carbocycles. The molecule has 0 spiro atoms. The fourth-order valence-corrected chi connectivity index (χ4v) is 3.88. The minimum absolute atomic E-state index is 0.0539. The zero-order chi connectivity index (χ0) is 21.8. The maximum atomic E-state index is 12.7. The van der Waals surface area contributed by atoms with Crippen molar-refractivity contribution in [2.24, 2.45) is 0 Å². The molecule has 0 aliphatic rings. The van der Waals surface area contributed by atoms with Crippen molar-refractivity contribution < 1.29 is 4.79 Å². The number of aryl methyl sites for hydroxylation is 1. The maximum Gasteiger partial charge on any atom is 0.266 e. The van der Waals surface area contributed by atoms with Crippen molar-refractivity contribution in [1.82, 2.24) is 4.57 Å². The topological polar surface area (TPSA) is 57.8 Å². The Morgan fingerprint density at radius 3 is 2.61 bits per heavy atom. The molecule has 0 bridgehead atoms. The number of fused-ring (bicyclic) bond motifs is 1. The van der Waals surface area contributed by atoms with E-state index >= 15 is 0 Å². The molecule has 0 atom stereocenters. The summed E-state index contributed by atoms with van der Waals surface area (Å²) in [6.07, 6.45) is 3.65. The molecule has 5 heteroatoms. The number of para-hydroxylation sites is 1. The molecule has 152 valence electrons. The highest BCUT2D eigenvalue weighted by Crippen LogP contribution is 2.25. The van der Waals surface area contributed by atoms with Crippen LogP contribution in [0.3, 0.4) is 0 Å². The van der Waals surface area contributed by atoms with Crippen LogP contribution in [-0.4, -0.2) is 10.5 Å². The smallest absolute Gasteiger partial charge is 0.266 e. The van der Waals surface area contributed by atoms with Gasteiger partial charge in [-0.15, -0.1) is 0 Å². The van der Waals surface area contributed by atoms with E-state index in [2.05, 4.69) is 63.1 Å². The molecule has 1 heterocycles. The zero-order valence-electron chi connectivity index (χ0n) is 17.0. The largest absolute Gasteiger partial charge is 0.342 e. The van der Waals surface area contributed by atoms with Crippen LogP contribution in [-0.2, 0) is 11.3 Å². The second kappa shape index (κ2) is 9.03. The Hall–Kier alpha value is -3.62. The van der Waals surface area contributed by atoms with Crippen molar-refractivity contribution in [3.05, 3.63) is 106 Å². The highest BCUT2D eigenvalue weighted by atomic mass is 79.9. The van der Waals surface area contributed by atoms with Crippen molar-refractivity contribution >= 4 is 44.5 Å². The lowest BCUT2D eigenvalue weighted by molar-refractivity contribution is -0.112. The Morgan fingerprint density at radius 1 is 1.10 bits per heavy atom. The first-order valence-electron chi connectivity index (χ1n) is 9.85. The summed E-state index contributed by atoms with van der Waals surface area (Å²) in [5, 5.41) is 13.4. The number of hydrogen-bond acceptors (Lipinski definition) is 2. The molecule has 0 aliphatic carbocycles. The fraction of sp³-hybridized carbons (Fsp3) is 0.0769. The van der Waals surface area contributed by atoms with Crippen LogP contribution in [0, 0.1) is 18.3 Å². The Balaban J connectivity index is 1.67. The van der Waals surface area contributed by atoms with Crippen molar-refractivity contribution in [2.75, 3.05) is 5.32 Å². The van der Waals surface area contributed by atoms with E-state index in [1.54, 1.807) is 18.2 Å². The lowest BCUT2D eigenvalue weighted by Crippen LogP contribution is -2.13. The monoisotopic (exact) mass is 469 g/mol. The van der Waals surface area contributed by atoms with Gasteiger partial charge in [0, 0.05) is 39.4 Å². The van der Waals surface area contributed by atoms with Crippen LogP contribution in [0.1, 0.15) is 16.7 Å². The summed E-state index contributed by atoms with van der Waals surface area (Å²) in [7, 11) is 0. The fourth-order valence-electron chi connectivity index (χ4n) is 3.48. The normalized spacial score (nSPS) is 11.3. The molecule has 0 radical (unpaired) electrons. The van der Waals surface area contributed by atoms with Gasteiger partial charge in [0.25, 0.3) is 5.91 Å². The Labute approximate surface area is 189 Å². The molecule has 1 amide bonds. The number of amides is 1. The summed E-state index contributed by atoms with van der Waals surface area (Å²) in [5.74, 6) is -0.434. The highest BCUT2D eigenvalue weighted by Gasteiger charge is 2.13. The molecule has 1 N–H and O–H groups in total. The molecule has 4 rings (SSSR count).